The van der Waals surface area contributed by atoms with Crippen LogP contribution in [0.2, 0.25) is 0 Å². The summed E-state index contributed by atoms with van der Waals surface area (Å²) in [5.41, 5.74) is -1.84. The standard InChI is InChI=1S/C10H11N3O6S2.K.H/c14-6-11-10(5-13(9(10)16)21(17,18)19)12-8(15)4-7-2-1-3-20-7;;/h1-3,6H,4-5H2,(H,11,14)(H,12,15)(H,17,18,19);;. The SMILES string of the molecule is O=CNC1(NC(=O)Cc2cccs2)CN(S(=O)(=O)O)C1=O.[KH]. The van der Waals surface area contributed by atoms with Crippen LogP contribution in [0.3, 0.4) is 0 Å². The van der Waals surface area contributed by atoms with Gasteiger partial charge in [-0.15, -0.1) is 11.3 Å². The van der Waals surface area contributed by atoms with E-state index in [1.165, 1.54) is 11.3 Å². The van der Waals surface area contributed by atoms with Gasteiger partial charge >= 0.3 is 61.7 Å². The summed E-state index contributed by atoms with van der Waals surface area (Å²) in [6.07, 6.45) is 0.157. The summed E-state index contributed by atoms with van der Waals surface area (Å²) in [6, 6.07) is 3.47. The van der Waals surface area contributed by atoms with Crippen molar-refractivity contribution in [3.63, 3.8) is 0 Å². The molecule has 0 bridgehead atoms. The fraction of sp³-hybridized carbons (Fsp3) is 0.300. The van der Waals surface area contributed by atoms with Crippen LogP contribution < -0.4 is 10.6 Å². The zero-order valence-electron chi connectivity index (χ0n) is 10.5. The number of nitrogens with zero attached hydrogens (tertiary/aromatic N) is 1. The number of rotatable bonds is 6. The van der Waals surface area contributed by atoms with E-state index < -0.39 is 34.3 Å². The number of β-lactam (4-membered cyclic amide) rings is 1. The number of carbonyl (C=O) groups excluding carboxylic acids is 3. The van der Waals surface area contributed by atoms with Gasteiger partial charge in [-0.25, -0.2) is 4.31 Å². The van der Waals surface area contributed by atoms with Crippen LogP contribution in [0.5, 0.6) is 0 Å². The number of hydrogen-bond acceptors (Lipinski definition) is 6. The Labute approximate surface area is 172 Å². The van der Waals surface area contributed by atoms with Crippen molar-refractivity contribution >= 4 is 91.2 Å². The van der Waals surface area contributed by atoms with Crippen molar-refractivity contribution in [1.29, 1.82) is 0 Å². The van der Waals surface area contributed by atoms with E-state index in [0.29, 0.717) is 0 Å². The summed E-state index contributed by atoms with van der Waals surface area (Å²) < 4.78 is 30.7. The van der Waals surface area contributed by atoms with E-state index >= 15 is 0 Å². The fourth-order valence-corrected chi connectivity index (χ4v) is 3.28. The molecule has 0 spiro atoms. The second kappa shape index (κ2) is 7.48. The Balaban J connectivity index is 0.00000242. The van der Waals surface area contributed by atoms with Crippen LogP contribution >= 0.6 is 11.3 Å². The van der Waals surface area contributed by atoms with Crippen molar-refractivity contribution in [2.45, 2.75) is 12.1 Å². The average molecular weight is 373 g/mol. The maximum absolute atomic E-state index is 11.9. The van der Waals surface area contributed by atoms with Crippen LogP contribution in [0, 0.1) is 0 Å². The molecule has 116 valence electrons. The van der Waals surface area contributed by atoms with Crippen LogP contribution in [0.1, 0.15) is 4.88 Å². The second-order valence-electron chi connectivity index (χ2n) is 4.26. The van der Waals surface area contributed by atoms with Gasteiger partial charge in [-0.05, 0) is 11.4 Å². The third-order valence-corrected chi connectivity index (χ3v) is 4.55. The monoisotopic (exact) mass is 373 g/mol. The molecule has 1 fully saturated rings. The fourth-order valence-electron chi connectivity index (χ4n) is 1.85. The first-order chi connectivity index (χ1) is 9.78. The summed E-state index contributed by atoms with van der Waals surface area (Å²) in [7, 11) is -4.71. The minimum atomic E-state index is -4.71. The Bertz CT molecular complexity index is 677. The molecule has 1 atom stereocenters. The predicted molar refractivity (Wildman–Crippen MR) is 78.5 cm³/mol. The normalized spacial score (nSPS) is 20.6. The molecular weight excluding hydrogens is 361 g/mol. The molecule has 9 nitrogen and oxygen atoms in total. The molecule has 2 rings (SSSR count). The van der Waals surface area contributed by atoms with Gasteiger partial charge in [-0.1, -0.05) is 6.07 Å². The maximum atomic E-state index is 11.9. The Hall–Kier alpha value is -0.344. The molecule has 12 heteroatoms. The summed E-state index contributed by atoms with van der Waals surface area (Å²) in [5, 5.41) is 6.14. The summed E-state index contributed by atoms with van der Waals surface area (Å²) in [4.78, 5) is 35.0. The zero-order valence-corrected chi connectivity index (χ0v) is 12.1. The molecule has 0 radical (unpaired) electrons. The van der Waals surface area contributed by atoms with E-state index in [1.54, 1.807) is 17.5 Å². The van der Waals surface area contributed by atoms with Gasteiger partial charge in [0.15, 0.2) is 0 Å². The van der Waals surface area contributed by atoms with Crippen molar-refractivity contribution in [1.82, 2.24) is 14.9 Å². The van der Waals surface area contributed by atoms with Crippen molar-refractivity contribution in [3.8, 4) is 0 Å². The van der Waals surface area contributed by atoms with E-state index in [0.717, 1.165) is 4.88 Å². The molecule has 0 aliphatic carbocycles. The van der Waals surface area contributed by atoms with Gasteiger partial charge < -0.3 is 10.6 Å². The Morgan fingerprint density at radius 1 is 1.55 bits per heavy atom. The van der Waals surface area contributed by atoms with Crippen molar-refractivity contribution in [2.75, 3.05) is 6.54 Å². The van der Waals surface area contributed by atoms with Crippen LogP contribution in [0.4, 0.5) is 0 Å². The Kier molecular flexibility index (Phi) is 6.70. The molecule has 1 aromatic rings. The first kappa shape index (κ1) is 19.7. The second-order valence-corrected chi connectivity index (χ2v) is 6.63. The first-order valence-electron chi connectivity index (χ1n) is 5.63. The molecule has 1 aliphatic rings. The molecule has 3 amide bonds. The summed E-state index contributed by atoms with van der Waals surface area (Å²) >= 11 is 1.34. The Morgan fingerprint density at radius 2 is 2.23 bits per heavy atom. The molecule has 1 aromatic heterocycles. The van der Waals surface area contributed by atoms with Crippen molar-refractivity contribution < 1.29 is 27.4 Å². The van der Waals surface area contributed by atoms with Gasteiger partial charge in [0.25, 0.3) is 5.91 Å². The van der Waals surface area contributed by atoms with E-state index in [1.807, 2.05) is 0 Å². The summed E-state index contributed by atoms with van der Waals surface area (Å²) in [5.74, 6) is -1.69. The van der Waals surface area contributed by atoms with Crippen LogP contribution in [0.15, 0.2) is 17.5 Å². The molecular formula is C10H12KN3O6S2. The van der Waals surface area contributed by atoms with Gasteiger partial charge in [0.1, 0.15) is 0 Å². The number of carbonyl (C=O) groups is 3. The van der Waals surface area contributed by atoms with Crippen LogP contribution in [0.25, 0.3) is 0 Å². The number of thiophene rings is 1. The molecule has 0 aromatic carbocycles. The Morgan fingerprint density at radius 3 is 2.68 bits per heavy atom. The summed E-state index contributed by atoms with van der Waals surface area (Å²) in [6.45, 7) is -0.570. The van der Waals surface area contributed by atoms with Gasteiger partial charge in [-0.3, -0.25) is 18.9 Å². The van der Waals surface area contributed by atoms with Gasteiger partial charge in [0, 0.05) is 4.88 Å². The van der Waals surface area contributed by atoms with Gasteiger partial charge in [0.05, 0.1) is 13.0 Å². The molecule has 1 saturated heterocycles. The average Bonchev–Trinajstić information content (AvgIpc) is 2.86. The molecule has 2 heterocycles. The van der Waals surface area contributed by atoms with Crippen LogP contribution in [-0.4, -0.2) is 99.1 Å². The van der Waals surface area contributed by atoms with E-state index in [9.17, 15) is 22.8 Å². The number of amides is 3. The molecule has 1 unspecified atom stereocenters. The molecule has 1 aliphatic heterocycles. The van der Waals surface area contributed by atoms with Crippen molar-refractivity contribution in [2.24, 2.45) is 0 Å². The quantitative estimate of drug-likeness (QED) is 0.171. The third kappa shape index (κ3) is 4.14. The zero-order chi connectivity index (χ0) is 15.7. The molecule has 3 N–H and O–H groups in total. The van der Waals surface area contributed by atoms with Gasteiger partial charge in [-0.2, -0.15) is 8.42 Å². The van der Waals surface area contributed by atoms with E-state index in [4.69, 9.17) is 4.55 Å². The van der Waals surface area contributed by atoms with Gasteiger partial charge in [0.2, 0.25) is 18.0 Å². The van der Waals surface area contributed by atoms with Crippen molar-refractivity contribution in [3.05, 3.63) is 22.4 Å². The van der Waals surface area contributed by atoms with Crippen LogP contribution in [-0.2, 0) is 31.1 Å². The minimum absolute atomic E-state index is 0. The predicted octanol–water partition coefficient (Wildman–Crippen LogP) is -2.15. The number of nitrogens with one attached hydrogen (secondary N) is 2. The molecule has 0 saturated carbocycles. The van der Waals surface area contributed by atoms with E-state index in [2.05, 4.69) is 10.6 Å². The first-order valence-corrected chi connectivity index (χ1v) is 7.90. The molecule has 22 heavy (non-hydrogen) atoms. The van der Waals surface area contributed by atoms with E-state index in [-0.39, 0.29) is 68.5 Å². The topological polar surface area (TPSA) is 133 Å². The number of hydrogen-bond donors (Lipinski definition) is 3. The third-order valence-electron chi connectivity index (χ3n) is 2.82.